The maximum absolute atomic E-state index is 13.2. The maximum atomic E-state index is 13.2. The van der Waals surface area contributed by atoms with Gasteiger partial charge in [-0.2, -0.15) is 5.10 Å². The molecule has 0 saturated heterocycles. The van der Waals surface area contributed by atoms with Crippen LogP contribution in [0.15, 0.2) is 0 Å². The predicted molar refractivity (Wildman–Crippen MR) is 96.3 cm³/mol. The molecule has 2 heterocycles. The molecule has 0 unspecified atom stereocenters. The molecule has 1 aromatic heterocycles. The van der Waals surface area contributed by atoms with E-state index < -0.39 is 0 Å². The normalized spacial score (nSPS) is 34.7. The van der Waals surface area contributed by atoms with Crippen molar-refractivity contribution in [2.45, 2.75) is 57.9 Å². The van der Waals surface area contributed by atoms with Crippen molar-refractivity contribution in [2.24, 2.45) is 23.2 Å². The van der Waals surface area contributed by atoms with Gasteiger partial charge in [0.15, 0.2) is 5.69 Å². The summed E-state index contributed by atoms with van der Waals surface area (Å²) in [4.78, 5) is 27.1. The molecule has 0 atom stereocenters. The van der Waals surface area contributed by atoms with Gasteiger partial charge in [0.1, 0.15) is 0 Å². The predicted octanol–water partition coefficient (Wildman–Crippen LogP) is 2.26. The molecular formula is C20H28N4O2. The van der Waals surface area contributed by atoms with Crippen LogP contribution in [0, 0.1) is 23.2 Å². The molecule has 1 aromatic rings. The summed E-state index contributed by atoms with van der Waals surface area (Å²) >= 11 is 0. The second kappa shape index (κ2) is 5.83. The Morgan fingerprint density at radius 2 is 1.85 bits per heavy atom. The minimum absolute atomic E-state index is 0.183. The maximum Gasteiger partial charge on any atom is 0.271 e. The average Bonchev–Trinajstić information content (AvgIpc) is 3.02. The highest BCUT2D eigenvalue weighted by molar-refractivity contribution is 5.94. The van der Waals surface area contributed by atoms with E-state index in [9.17, 15) is 9.59 Å². The fourth-order valence-electron chi connectivity index (χ4n) is 6.75. The molecule has 6 heteroatoms. The van der Waals surface area contributed by atoms with E-state index >= 15 is 0 Å². The molecule has 4 bridgehead atoms. The molecule has 6 rings (SSSR count). The Balaban J connectivity index is 1.31. The first kappa shape index (κ1) is 16.3. The van der Waals surface area contributed by atoms with Crippen molar-refractivity contribution in [2.75, 3.05) is 13.6 Å². The van der Waals surface area contributed by atoms with E-state index in [4.69, 9.17) is 0 Å². The smallest absolute Gasteiger partial charge is 0.271 e. The monoisotopic (exact) mass is 356 g/mol. The van der Waals surface area contributed by atoms with E-state index in [1.165, 1.54) is 38.5 Å². The van der Waals surface area contributed by atoms with E-state index in [-0.39, 0.29) is 17.2 Å². The number of aromatic nitrogens is 2. The quantitative estimate of drug-likeness (QED) is 0.872. The summed E-state index contributed by atoms with van der Waals surface area (Å²) < 4.78 is 0. The largest absolute Gasteiger partial charge is 0.354 e. The zero-order chi connectivity index (χ0) is 17.9. The van der Waals surface area contributed by atoms with Crippen LogP contribution in [0.3, 0.4) is 0 Å². The number of H-pyrrole nitrogens is 1. The van der Waals surface area contributed by atoms with Crippen molar-refractivity contribution in [3.63, 3.8) is 0 Å². The molecule has 4 saturated carbocycles. The fourth-order valence-corrected chi connectivity index (χ4v) is 6.75. The Hall–Kier alpha value is -1.85. The lowest BCUT2D eigenvalue weighted by Gasteiger charge is -2.57. The summed E-state index contributed by atoms with van der Waals surface area (Å²) in [5.41, 5.74) is 2.61. The number of fused-ring (bicyclic) bond motifs is 1. The third kappa shape index (κ3) is 2.57. The Kier molecular flexibility index (Phi) is 3.66. The van der Waals surface area contributed by atoms with Crippen LogP contribution >= 0.6 is 0 Å². The summed E-state index contributed by atoms with van der Waals surface area (Å²) in [6, 6.07) is 0. The fraction of sp³-hybridized carbons (Fsp3) is 0.750. The number of rotatable bonds is 3. The lowest BCUT2D eigenvalue weighted by atomic mass is 9.49. The van der Waals surface area contributed by atoms with E-state index in [1.54, 1.807) is 7.05 Å². The van der Waals surface area contributed by atoms with Crippen molar-refractivity contribution >= 4 is 11.8 Å². The summed E-state index contributed by atoms with van der Waals surface area (Å²) in [6.07, 6.45) is 9.48. The first-order valence-electron chi connectivity index (χ1n) is 10.1. The molecule has 4 fully saturated rings. The average molecular weight is 356 g/mol. The Labute approximate surface area is 154 Å². The molecule has 26 heavy (non-hydrogen) atoms. The highest BCUT2D eigenvalue weighted by atomic mass is 16.2. The second-order valence-corrected chi connectivity index (χ2v) is 9.27. The van der Waals surface area contributed by atoms with Crippen LogP contribution in [0.5, 0.6) is 0 Å². The highest BCUT2D eigenvalue weighted by Gasteiger charge is 2.51. The molecule has 0 radical (unpaired) electrons. The SMILES string of the molecule is CNC(=O)c1n[nH]c2c1CN(C(=O)CC13CC4CC(CC(C4)C1)C3)CC2. The number of nitrogens with zero attached hydrogens (tertiary/aromatic N) is 2. The summed E-state index contributed by atoms with van der Waals surface area (Å²) in [5.74, 6) is 2.71. The van der Waals surface area contributed by atoms with Gasteiger partial charge in [0.05, 0.1) is 0 Å². The zero-order valence-electron chi connectivity index (χ0n) is 15.5. The second-order valence-electron chi connectivity index (χ2n) is 9.27. The van der Waals surface area contributed by atoms with Gasteiger partial charge in [-0.1, -0.05) is 0 Å². The molecular weight excluding hydrogens is 328 g/mol. The Morgan fingerprint density at radius 1 is 1.19 bits per heavy atom. The van der Waals surface area contributed by atoms with Crippen LogP contribution in [0.2, 0.25) is 0 Å². The summed E-state index contributed by atoms with van der Waals surface area (Å²) in [7, 11) is 1.61. The Bertz CT molecular complexity index is 718. The van der Waals surface area contributed by atoms with Crippen LogP contribution < -0.4 is 5.32 Å². The number of aromatic amines is 1. The van der Waals surface area contributed by atoms with Gasteiger partial charge in [-0.3, -0.25) is 14.7 Å². The number of carbonyl (C=O) groups excluding carboxylic acids is 2. The minimum atomic E-state index is -0.183. The first-order chi connectivity index (χ1) is 12.5. The lowest BCUT2D eigenvalue weighted by molar-refractivity contribution is -0.140. The topological polar surface area (TPSA) is 78.1 Å². The standard InChI is InChI=1S/C20H28N4O2/c1-21-19(26)18-15-11-24(3-2-16(15)22-23-18)17(25)10-20-7-12-4-13(8-20)6-14(5-12)9-20/h12-14H,2-11H2,1H3,(H,21,26)(H,22,23). The van der Waals surface area contributed by atoms with Crippen molar-refractivity contribution in [3.8, 4) is 0 Å². The van der Waals surface area contributed by atoms with E-state index in [1.807, 2.05) is 4.90 Å². The molecule has 2 amide bonds. The van der Waals surface area contributed by atoms with Crippen molar-refractivity contribution in [3.05, 3.63) is 17.0 Å². The van der Waals surface area contributed by atoms with Crippen molar-refractivity contribution in [1.82, 2.24) is 20.4 Å². The number of hydrogen-bond acceptors (Lipinski definition) is 3. The molecule has 4 aliphatic carbocycles. The third-order valence-corrected chi connectivity index (χ3v) is 7.42. The van der Waals surface area contributed by atoms with E-state index in [0.717, 1.165) is 42.0 Å². The number of amides is 2. The van der Waals surface area contributed by atoms with Crippen LogP contribution in [0.1, 0.15) is 66.7 Å². The van der Waals surface area contributed by atoms with Crippen molar-refractivity contribution < 1.29 is 9.59 Å². The van der Waals surface area contributed by atoms with Crippen LogP contribution in [0.4, 0.5) is 0 Å². The van der Waals surface area contributed by atoms with E-state index in [0.29, 0.717) is 18.7 Å². The molecule has 0 aromatic carbocycles. The molecule has 5 aliphatic rings. The van der Waals surface area contributed by atoms with E-state index in [2.05, 4.69) is 15.5 Å². The van der Waals surface area contributed by atoms with Gasteiger partial charge in [0.25, 0.3) is 5.91 Å². The lowest BCUT2D eigenvalue weighted by Crippen LogP contribution is -2.49. The molecule has 1 aliphatic heterocycles. The number of carbonyl (C=O) groups is 2. The Morgan fingerprint density at radius 3 is 2.46 bits per heavy atom. The van der Waals surface area contributed by atoms with Gasteiger partial charge in [-0.15, -0.1) is 0 Å². The van der Waals surface area contributed by atoms with Gasteiger partial charge in [0, 0.05) is 44.2 Å². The summed E-state index contributed by atoms with van der Waals surface area (Å²) in [6.45, 7) is 1.24. The molecule has 0 spiro atoms. The zero-order valence-corrected chi connectivity index (χ0v) is 15.5. The van der Waals surface area contributed by atoms with Crippen molar-refractivity contribution in [1.29, 1.82) is 0 Å². The number of nitrogens with one attached hydrogen (secondary N) is 2. The molecule has 2 N–H and O–H groups in total. The third-order valence-electron chi connectivity index (χ3n) is 7.42. The number of hydrogen-bond donors (Lipinski definition) is 2. The van der Waals surface area contributed by atoms with Gasteiger partial charge in [-0.25, -0.2) is 0 Å². The van der Waals surface area contributed by atoms with Gasteiger partial charge in [-0.05, 0) is 61.7 Å². The molecule has 140 valence electrons. The van der Waals surface area contributed by atoms with Crippen LogP contribution in [0.25, 0.3) is 0 Å². The summed E-state index contributed by atoms with van der Waals surface area (Å²) in [5, 5.41) is 9.79. The minimum Gasteiger partial charge on any atom is -0.354 e. The highest BCUT2D eigenvalue weighted by Crippen LogP contribution is 2.61. The first-order valence-corrected chi connectivity index (χ1v) is 10.1. The van der Waals surface area contributed by atoms with Gasteiger partial charge >= 0.3 is 0 Å². The van der Waals surface area contributed by atoms with Crippen LogP contribution in [-0.2, 0) is 17.8 Å². The van der Waals surface area contributed by atoms with Gasteiger partial charge in [0.2, 0.25) is 5.91 Å². The van der Waals surface area contributed by atoms with Crippen LogP contribution in [-0.4, -0.2) is 40.5 Å². The molecule has 6 nitrogen and oxygen atoms in total. The van der Waals surface area contributed by atoms with Gasteiger partial charge < -0.3 is 10.2 Å².